The van der Waals surface area contributed by atoms with Crippen LogP contribution in [0.15, 0.2) is 4.99 Å². The van der Waals surface area contributed by atoms with Crippen molar-refractivity contribution in [3.05, 3.63) is 0 Å². The van der Waals surface area contributed by atoms with Crippen molar-refractivity contribution < 1.29 is 0 Å². The van der Waals surface area contributed by atoms with Gasteiger partial charge in [0.25, 0.3) is 0 Å². The molecule has 2 fully saturated rings. The standard InChI is InChI=1S/C12H23N3S2.HI/c1-10-2-4-15(5-3-10)12(13)14-8-11-9-16-6-7-17-11;/h10-11H,2-9H2,1H3,(H2,13,14);1H. The van der Waals surface area contributed by atoms with Crippen LogP contribution in [0.2, 0.25) is 0 Å². The molecule has 1 atom stereocenters. The number of nitrogens with two attached hydrogens (primary N) is 1. The Kier molecular flexibility index (Phi) is 8.18. The third-order valence-electron chi connectivity index (χ3n) is 3.45. The fourth-order valence-electron chi connectivity index (χ4n) is 2.18. The number of rotatable bonds is 2. The van der Waals surface area contributed by atoms with Crippen molar-refractivity contribution in [2.75, 3.05) is 36.9 Å². The van der Waals surface area contributed by atoms with Crippen molar-refractivity contribution in [1.29, 1.82) is 0 Å². The Bertz CT molecular complexity index is 262. The van der Waals surface area contributed by atoms with E-state index in [9.17, 15) is 0 Å². The van der Waals surface area contributed by atoms with Gasteiger partial charge in [-0.1, -0.05) is 6.92 Å². The molecule has 6 heteroatoms. The van der Waals surface area contributed by atoms with Crippen LogP contribution < -0.4 is 5.73 Å². The summed E-state index contributed by atoms with van der Waals surface area (Å²) in [5.41, 5.74) is 6.07. The van der Waals surface area contributed by atoms with E-state index >= 15 is 0 Å². The highest BCUT2D eigenvalue weighted by molar-refractivity contribution is 14.0. The van der Waals surface area contributed by atoms with Crippen LogP contribution in [0.25, 0.3) is 0 Å². The van der Waals surface area contributed by atoms with Crippen LogP contribution in [-0.2, 0) is 0 Å². The predicted molar refractivity (Wildman–Crippen MR) is 95.4 cm³/mol. The highest BCUT2D eigenvalue weighted by Crippen LogP contribution is 2.24. The normalized spacial score (nSPS) is 26.8. The van der Waals surface area contributed by atoms with E-state index in [0.717, 1.165) is 31.5 Å². The topological polar surface area (TPSA) is 41.6 Å². The second-order valence-electron chi connectivity index (χ2n) is 4.94. The van der Waals surface area contributed by atoms with Crippen molar-refractivity contribution in [3.8, 4) is 0 Å². The Morgan fingerprint density at radius 3 is 2.67 bits per heavy atom. The molecule has 2 rings (SSSR count). The van der Waals surface area contributed by atoms with Gasteiger partial charge in [0.1, 0.15) is 0 Å². The monoisotopic (exact) mass is 401 g/mol. The zero-order chi connectivity index (χ0) is 12.1. The number of nitrogens with zero attached hydrogens (tertiary/aromatic N) is 2. The second-order valence-corrected chi connectivity index (χ2v) is 7.49. The number of guanidine groups is 1. The molecular weight excluding hydrogens is 377 g/mol. The molecule has 2 aliphatic heterocycles. The average Bonchev–Trinajstić information content (AvgIpc) is 2.38. The lowest BCUT2D eigenvalue weighted by Gasteiger charge is -2.31. The summed E-state index contributed by atoms with van der Waals surface area (Å²) in [6.07, 6.45) is 2.51. The average molecular weight is 401 g/mol. The van der Waals surface area contributed by atoms with Gasteiger partial charge in [-0.05, 0) is 18.8 Å². The van der Waals surface area contributed by atoms with Crippen LogP contribution in [0.5, 0.6) is 0 Å². The lowest BCUT2D eigenvalue weighted by molar-refractivity contribution is 0.277. The Balaban J connectivity index is 0.00000162. The summed E-state index contributed by atoms with van der Waals surface area (Å²) in [6.45, 7) is 5.39. The highest BCUT2D eigenvalue weighted by atomic mass is 127. The van der Waals surface area contributed by atoms with Crippen LogP contribution in [0.3, 0.4) is 0 Å². The van der Waals surface area contributed by atoms with E-state index in [1.807, 2.05) is 11.8 Å². The maximum Gasteiger partial charge on any atom is 0.191 e. The van der Waals surface area contributed by atoms with Crippen molar-refractivity contribution in [2.45, 2.75) is 25.0 Å². The van der Waals surface area contributed by atoms with Gasteiger partial charge in [0, 0.05) is 35.6 Å². The fourth-order valence-corrected chi connectivity index (χ4v) is 4.75. The van der Waals surface area contributed by atoms with Crippen LogP contribution in [0.4, 0.5) is 0 Å². The number of thioether (sulfide) groups is 2. The van der Waals surface area contributed by atoms with Gasteiger partial charge in [0.05, 0.1) is 6.54 Å². The minimum Gasteiger partial charge on any atom is -0.370 e. The largest absolute Gasteiger partial charge is 0.370 e. The molecule has 2 N–H and O–H groups in total. The highest BCUT2D eigenvalue weighted by Gasteiger charge is 2.18. The Hall–Kier alpha value is 0.700. The number of piperidine rings is 1. The van der Waals surface area contributed by atoms with Gasteiger partial charge in [0.15, 0.2) is 5.96 Å². The predicted octanol–water partition coefficient (Wildman–Crippen LogP) is 2.50. The molecule has 18 heavy (non-hydrogen) atoms. The summed E-state index contributed by atoms with van der Waals surface area (Å²) in [7, 11) is 0. The molecule has 0 saturated carbocycles. The second kappa shape index (κ2) is 8.79. The molecule has 0 aliphatic carbocycles. The van der Waals surface area contributed by atoms with Crippen molar-refractivity contribution in [1.82, 2.24) is 4.90 Å². The molecule has 0 bridgehead atoms. The van der Waals surface area contributed by atoms with Gasteiger partial charge >= 0.3 is 0 Å². The van der Waals surface area contributed by atoms with E-state index in [1.165, 1.54) is 30.1 Å². The first-order valence-corrected chi connectivity index (χ1v) is 8.70. The summed E-state index contributed by atoms with van der Waals surface area (Å²) in [6, 6.07) is 0. The molecule has 2 saturated heterocycles. The number of halogens is 1. The van der Waals surface area contributed by atoms with Gasteiger partial charge in [-0.2, -0.15) is 23.5 Å². The molecule has 0 amide bonds. The first-order valence-electron chi connectivity index (χ1n) is 6.50. The summed E-state index contributed by atoms with van der Waals surface area (Å²) < 4.78 is 0. The van der Waals surface area contributed by atoms with Gasteiger partial charge < -0.3 is 10.6 Å². The molecule has 0 radical (unpaired) electrons. The maximum absolute atomic E-state index is 6.07. The summed E-state index contributed by atoms with van der Waals surface area (Å²) >= 11 is 4.10. The lowest BCUT2D eigenvalue weighted by Crippen LogP contribution is -2.42. The van der Waals surface area contributed by atoms with Gasteiger partial charge in [-0.25, -0.2) is 0 Å². The third kappa shape index (κ3) is 5.36. The lowest BCUT2D eigenvalue weighted by atomic mass is 10.00. The molecule has 0 aromatic rings. The third-order valence-corrected chi connectivity index (χ3v) is 6.28. The van der Waals surface area contributed by atoms with Crippen LogP contribution >= 0.6 is 47.5 Å². The number of hydrogen-bond donors (Lipinski definition) is 1. The molecule has 2 aliphatic rings. The molecule has 0 aromatic carbocycles. The van der Waals surface area contributed by atoms with E-state index in [2.05, 4.69) is 28.6 Å². The number of hydrogen-bond acceptors (Lipinski definition) is 3. The molecule has 106 valence electrons. The maximum atomic E-state index is 6.07. The zero-order valence-corrected chi connectivity index (χ0v) is 15.0. The van der Waals surface area contributed by atoms with E-state index in [0.29, 0.717) is 5.25 Å². The van der Waals surface area contributed by atoms with Gasteiger partial charge in [-0.3, -0.25) is 4.99 Å². The van der Waals surface area contributed by atoms with E-state index in [4.69, 9.17) is 5.73 Å². The Morgan fingerprint density at radius 1 is 1.33 bits per heavy atom. The first-order chi connectivity index (χ1) is 8.25. The fraction of sp³-hybridized carbons (Fsp3) is 0.917. The Labute approximate surface area is 136 Å². The molecule has 2 heterocycles. The Morgan fingerprint density at radius 2 is 2.06 bits per heavy atom. The van der Waals surface area contributed by atoms with Crippen molar-refractivity contribution >= 4 is 53.5 Å². The smallest absolute Gasteiger partial charge is 0.191 e. The van der Waals surface area contributed by atoms with Crippen LogP contribution in [-0.4, -0.2) is 53.0 Å². The first kappa shape index (κ1) is 16.8. The minimum absolute atomic E-state index is 0. The summed E-state index contributed by atoms with van der Waals surface area (Å²) in [4.78, 5) is 6.83. The van der Waals surface area contributed by atoms with Crippen LogP contribution in [0, 0.1) is 5.92 Å². The minimum atomic E-state index is 0. The van der Waals surface area contributed by atoms with E-state index in [1.54, 1.807) is 0 Å². The summed E-state index contributed by atoms with van der Waals surface area (Å²) in [5.74, 6) is 5.42. The zero-order valence-electron chi connectivity index (χ0n) is 11.0. The van der Waals surface area contributed by atoms with Gasteiger partial charge in [-0.15, -0.1) is 24.0 Å². The molecule has 1 unspecified atom stereocenters. The van der Waals surface area contributed by atoms with Crippen molar-refractivity contribution in [3.63, 3.8) is 0 Å². The number of likely N-dealkylation sites (tertiary alicyclic amines) is 1. The van der Waals surface area contributed by atoms with E-state index < -0.39 is 0 Å². The van der Waals surface area contributed by atoms with Crippen molar-refractivity contribution in [2.24, 2.45) is 16.6 Å². The van der Waals surface area contributed by atoms with Crippen LogP contribution in [0.1, 0.15) is 19.8 Å². The molecule has 3 nitrogen and oxygen atoms in total. The number of aliphatic imine (C=N–C) groups is 1. The van der Waals surface area contributed by atoms with E-state index in [-0.39, 0.29) is 24.0 Å². The summed E-state index contributed by atoms with van der Waals surface area (Å²) in [5, 5.41) is 0.677. The molecular formula is C12H24IN3S2. The molecule has 0 spiro atoms. The quantitative estimate of drug-likeness (QED) is 0.439. The SMILES string of the molecule is CC1CCN(C(N)=NCC2CSCCS2)CC1.I. The molecule has 0 aromatic heterocycles. The van der Waals surface area contributed by atoms with Gasteiger partial charge in [0.2, 0.25) is 0 Å².